The zero-order chi connectivity index (χ0) is 14.7. The highest BCUT2D eigenvalue weighted by atomic mass is 79.9. The van der Waals surface area contributed by atoms with Crippen molar-refractivity contribution >= 4 is 21.7 Å². The Morgan fingerprint density at radius 3 is 2.40 bits per heavy atom. The number of ketones is 1. The quantitative estimate of drug-likeness (QED) is 0.604. The summed E-state index contributed by atoms with van der Waals surface area (Å²) in [5.41, 5.74) is 0.409. The van der Waals surface area contributed by atoms with Gasteiger partial charge in [-0.05, 0) is 59.3 Å². The lowest BCUT2D eigenvalue weighted by molar-refractivity contribution is 0.101. The Kier molecular flexibility index (Phi) is 4.49. The zero-order valence-electron chi connectivity index (χ0n) is 10.6. The van der Waals surface area contributed by atoms with Crippen LogP contribution in [0, 0.1) is 11.6 Å². The normalized spacial score (nSPS) is 10.4. The molecular weight excluding hydrogens is 330 g/mol. The molecule has 0 fully saturated rings. The van der Waals surface area contributed by atoms with Crippen molar-refractivity contribution in [2.75, 3.05) is 0 Å². The van der Waals surface area contributed by atoms with Gasteiger partial charge in [-0.25, -0.2) is 8.78 Å². The molecular formula is C15H11BrF2O2. The van der Waals surface area contributed by atoms with Gasteiger partial charge in [-0.3, -0.25) is 4.79 Å². The summed E-state index contributed by atoms with van der Waals surface area (Å²) in [5.74, 6) is -0.953. The average molecular weight is 341 g/mol. The van der Waals surface area contributed by atoms with E-state index in [-0.39, 0.29) is 22.4 Å². The molecule has 0 aliphatic carbocycles. The second kappa shape index (κ2) is 6.13. The van der Waals surface area contributed by atoms with E-state index in [2.05, 4.69) is 15.9 Å². The van der Waals surface area contributed by atoms with E-state index in [1.807, 2.05) is 0 Å². The molecule has 2 rings (SSSR count). The number of carbonyl (C=O) groups excluding carboxylic acids is 1. The van der Waals surface area contributed by atoms with Gasteiger partial charge in [-0.2, -0.15) is 0 Å². The van der Waals surface area contributed by atoms with Gasteiger partial charge < -0.3 is 4.74 Å². The first kappa shape index (κ1) is 14.7. The fourth-order valence-corrected chi connectivity index (χ4v) is 2.01. The molecule has 104 valence electrons. The minimum Gasteiger partial charge on any atom is -0.489 e. The summed E-state index contributed by atoms with van der Waals surface area (Å²) < 4.78 is 32.8. The van der Waals surface area contributed by atoms with Crippen molar-refractivity contribution in [3.05, 3.63) is 63.6 Å². The minimum absolute atomic E-state index is 0.0550. The summed E-state index contributed by atoms with van der Waals surface area (Å²) in [6.45, 7) is 1.23. The third kappa shape index (κ3) is 3.22. The molecule has 0 radical (unpaired) electrons. The van der Waals surface area contributed by atoms with Crippen LogP contribution in [0.1, 0.15) is 22.8 Å². The molecule has 0 saturated heterocycles. The summed E-state index contributed by atoms with van der Waals surface area (Å²) in [6, 6.07) is 8.85. The monoisotopic (exact) mass is 340 g/mol. The number of benzene rings is 2. The van der Waals surface area contributed by atoms with Gasteiger partial charge in [-0.15, -0.1) is 0 Å². The Labute approximate surface area is 123 Å². The van der Waals surface area contributed by atoms with Crippen LogP contribution in [0.4, 0.5) is 8.78 Å². The Morgan fingerprint density at radius 1 is 1.15 bits per heavy atom. The molecule has 5 heteroatoms. The first-order valence-corrected chi connectivity index (χ1v) is 6.64. The fraction of sp³-hybridized carbons (Fsp3) is 0.133. The van der Waals surface area contributed by atoms with Crippen molar-refractivity contribution in [2.24, 2.45) is 0 Å². The molecule has 2 nitrogen and oxygen atoms in total. The van der Waals surface area contributed by atoms with Crippen LogP contribution in [0.5, 0.6) is 5.75 Å². The minimum atomic E-state index is -0.676. The van der Waals surface area contributed by atoms with Crippen LogP contribution in [0.25, 0.3) is 0 Å². The maximum absolute atomic E-state index is 13.7. The molecule has 20 heavy (non-hydrogen) atoms. The topological polar surface area (TPSA) is 26.3 Å². The molecule has 0 unspecified atom stereocenters. The van der Waals surface area contributed by atoms with Crippen molar-refractivity contribution in [1.82, 2.24) is 0 Å². The van der Waals surface area contributed by atoms with Crippen molar-refractivity contribution in [3.63, 3.8) is 0 Å². The van der Waals surface area contributed by atoms with Crippen LogP contribution >= 0.6 is 15.9 Å². The van der Waals surface area contributed by atoms with Gasteiger partial charge in [0.25, 0.3) is 0 Å². The second-order valence-electron chi connectivity index (χ2n) is 4.19. The molecule has 0 spiro atoms. The molecule has 0 aliphatic heterocycles. The van der Waals surface area contributed by atoms with Gasteiger partial charge >= 0.3 is 0 Å². The van der Waals surface area contributed by atoms with E-state index in [9.17, 15) is 13.6 Å². The highest BCUT2D eigenvalue weighted by Gasteiger charge is 2.13. The molecule has 0 N–H and O–H groups in total. The van der Waals surface area contributed by atoms with E-state index in [1.54, 1.807) is 24.3 Å². The van der Waals surface area contributed by atoms with Crippen LogP contribution in [-0.2, 0) is 6.61 Å². The highest BCUT2D eigenvalue weighted by molar-refractivity contribution is 9.10. The van der Waals surface area contributed by atoms with E-state index < -0.39 is 11.6 Å². The lowest BCUT2D eigenvalue weighted by Gasteiger charge is -2.09. The van der Waals surface area contributed by atoms with Gasteiger partial charge in [0.05, 0.1) is 10.0 Å². The highest BCUT2D eigenvalue weighted by Crippen LogP contribution is 2.23. The smallest absolute Gasteiger partial charge is 0.159 e. The Morgan fingerprint density at radius 2 is 1.80 bits per heavy atom. The van der Waals surface area contributed by atoms with Gasteiger partial charge in [-0.1, -0.05) is 0 Å². The van der Waals surface area contributed by atoms with E-state index in [0.29, 0.717) is 11.3 Å². The third-order valence-electron chi connectivity index (χ3n) is 2.78. The summed E-state index contributed by atoms with van der Waals surface area (Å²) in [6.07, 6.45) is 0. The largest absolute Gasteiger partial charge is 0.489 e. The maximum Gasteiger partial charge on any atom is 0.159 e. The molecule has 2 aromatic rings. The number of rotatable bonds is 4. The van der Waals surface area contributed by atoms with Gasteiger partial charge in [0.15, 0.2) is 5.78 Å². The van der Waals surface area contributed by atoms with E-state index in [1.165, 1.54) is 19.1 Å². The standard InChI is InChI=1S/C15H11BrF2O2/c1-9(19)10-2-4-11(5-3-10)20-8-12-14(17)7-6-13(16)15(12)18/h2-7H,8H2,1H3. The molecule has 0 bridgehead atoms. The summed E-state index contributed by atoms with van der Waals surface area (Å²) in [5, 5.41) is 0. The fourth-order valence-electron chi connectivity index (χ4n) is 1.64. The number of hydrogen-bond acceptors (Lipinski definition) is 2. The van der Waals surface area contributed by atoms with Crippen LogP contribution in [0.2, 0.25) is 0 Å². The van der Waals surface area contributed by atoms with Gasteiger partial charge in [0, 0.05) is 5.56 Å². The Hall–Kier alpha value is -1.75. The molecule has 0 saturated carbocycles. The number of halogens is 3. The van der Waals surface area contributed by atoms with E-state index >= 15 is 0 Å². The zero-order valence-corrected chi connectivity index (χ0v) is 12.2. The van der Waals surface area contributed by atoms with E-state index in [0.717, 1.165) is 0 Å². The van der Waals surface area contributed by atoms with Crippen LogP contribution in [0.15, 0.2) is 40.9 Å². The second-order valence-corrected chi connectivity index (χ2v) is 5.05. The van der Waals surface area contributed by atoms with Gasteiger partial charge in [0.2, 0.25) is 0 Å². The van der Waals surface area contributed by atoms with Crippen molar-refractivity contribution in [3.8, 4) is 5.75 Å². The average Bonchev–Trinajstić information content (AvgIpc) is 2.43. The Balaban J connectivity index is 2.13. The SMILES string of the molecule is CC(=O)c1ccc(OCc2c(F)ccc(Br)c2F)cc1. The molecule has 0 atom stereocenters. The molecule has 0 heterocycles. The van der Waals surface area contributed by atoms with Gasteiger partial charge in [0.1, 0.15) is 24.0 Å². The predicted molar refractivity (Wildman–Crippen MR) is 74.8 cm³/mol. The number of ether oxygens (including phenoxy) is 1. The molecule has 0 aromatic heterocycles. The molecule has 0 aliphatic rings. The van der Waals surface area contributed by atoms with Crippen molar-refractivity contribution in [2.45, 2.75) is 13.5 Å². The molecule has 2 aromatic carbocycles. The summed E-state index contributed by atoms with van der Waals surface area (Å²) >= 11 is 3.00. The third-order valence-corrected chi connectivity index (χ3v) is 3.40. The van der Waals surface area contributed by atoms with Crippen LogP contribution < -0.4 is 4.74 Å². The van der Waals surface area contributed by atoms with Crippen molar-refractivity contribution in [1.29, 1.82) is 0 Å². The molecule has 0 amide bonds. The summed E-state index contributed by atoms with van der Waals surface area (Å²) in [7, 11) is 0. The van der Waals surface area contributed by atoms with Crippen molar-refractivity contribution < 1.29 is 18.3 Å². The lowest BCUT2D eigenvalue weighted by atomic mass is 10.1. The number of carbonyl (C=O) groups is 1. The summed E-state index contributed by atoms with van der Waals surface area (Å²) in [4.78, 5) is 11.1. The van der Waals surface area contributed by atoms with E-state index in [4.69, 9.17) is 4.74 Å². The lowest BCUT2D eigenvalue weighted by Crippen LogP contribution is -2.03. The van der Waals surface area contributed by atoms with Crippen LogP contribution in [-0.4, -0.2) is 5.78 Å². The maximum atomic E-state index is 13.7. The number of hydrogen-bond donors (Lipinski definition) is 0. The predicted octanol–water partition coefficient (Wildman–Crippen LogP) is 4.51. The van der Waals surface area contributed by atoms with Crippen LogP contribution in [0.3, 0.4) is 0 Å². The first-order valence-electron chi connectivity index (χ1n) is 5.85. The Bertz CT molecular complexity index is 639. The number of Topliss-reactive ketones (excluding diaryl/α,β-unsaturated/α-hetero) is 1. The first-order chi connectivity index (χ1) is 9.49.